The van der Waals surface area contributed by atoms with Crippen molar-refractivity contribution in [1.29, 1.82) is 0 Å². The van der Waals surface area contributed by atoms with Gasteiger partial charge in [0.25, 0.3) is 0 Å². The van der Waals surface area contributed by atoms with Crippen LogP contribution in [0.3, 0.4) is 0 Å². The van der Waals surface area contributed by atoms with E-state index in [1.807, 2.05) is 0 Å². The van der Waals surface area contributed by atoms with Crippen LogP contribution in [0.1, 0.15) is 0 Å². The minimum Gasteiger partial charge on any atom is -0.402 e. The summed E-state index contributed by atoms with van der Waals surface area (Å²) in [5.41, 5.74) is 7.70. The van der Waals surface area contributed by atoms with E-state index in [4.69, 9.17) is 21.9 Å². The van der Waals surface area contributed by atoms with E-state index in [0.29, 0.717) is 27.5 Å². The number of amides is 2. The highest BCUT2D eigenvalue weighted by Gasteiger charge is 2.33. The van der Waals surface area contributed by atoms with Gasteiger partial charge in [0, 0.05) is 16.4 Å². The maximum absolute atomic E-state index is 12.6. The first-order chi connectivity index (χ1) is 15.2. The average molecular weight is 463 g/mol. The largest absolute Gasteiger partial charge is 0.573 e. The molecule has 0 aliphatic heterocycles. The zero-order chi connectivity index (χ0) is 22.9. The Hall–Kier alpha value is -3.92. The molecule has 0 bridgehead atoms. The van der Waals surface area contributed by atoms with Crippen LogP contribution in [0.4, 0.5) is 35.2 Å². The molecule has 1 aromatic heterocycles. The zero-order valence-corrected chi connectivity index (χ0v) is 16.8. The summed E-state index contributed by atoms with van der Waals surface area (Å²) >= 11 is 5.89. The predicted octanol–water partition coefficient (Wildman–Crippen LogP) is 6.27. The molecule has 0 saturated heterocycles. The number of alkyl halides is 3. The Morgan fingerprint density at radius 3 is 2.44 bits per heavy atom. The molecule has 0 aliphatic rings. The lowest BCUT2D eigenvalue weighted by Crippen LogP contribution is -2.19. The van der Waals surface area contributed by atoms with Crippen LogP contribution in [0, 0.1) is 0 Å². The monoisotopic (exact) mass is 462 g/mol. The number of nitrogens with zero attached hydrogens (tertiary/aromatic N) is 1. The van der Waals surface area contributed by atoms with Crippen molar-refractivity contribution in [3.8, 4) is 16.9 Å². The van der Waals surface area contributed by atoms with E-state index in [1.165, 1.54) is 6.07 Å². The number of fused-ring (bicyclic) bond motifs is 1. The summed E-state index contributed by atoms with van der Waals surface area (Å²) in [5.74, 6) is -0.623. The Bertz CT molecular complexity index is 1290. The molecule has 0 aliphatic carbocycles. The highest BCUT2D eigenvalue weighted by atomic mass is 35.5. The Morgan fingerprint density at radius 2 is 1.75 bits per heavy atom. The van der Waals surface area contributed by atoms with Gasteiger partial charge in [-0.1, -0.05) is 35.0 Å². The number of benzene rings is 3. The molecule has 0 radical (unpaired) electrons. The van der Waals surface area contributed by atoms with E-state index in [1.54, 1.807) is 48.5 Å². The second kappa shape index (κ2) is 8.31. The zero-order valence-electron chi connectivity index (χ0n) is 16.0. The van der Waals surface area contributed by atoms with Gasteiger partial charge in [-0.3, -0.25) is 0 Å². The normalized spacial score (nSPS) is 11.4. The molecular formula is C21H14ClF3N4O3. The fourth-order valence-corrected chi connectivity index (χ4v) is 3.28. The summed E-state index contributed by atoms with van der Waals surface area (Å²) in [7, 11) is 0. The second-order valence-electron chi connectivity index (χ2n) is 6.60. The first-order valence-electron chi connectivity index (χ1n) is 9.07. The molecule has 4 aromatic rings. The minimum absolute atomic E-state index is 0.0780. The number of nitrogens with two attached hydrogens (primary N) is 1. The number of halogens is 4. The highest BCUT2D eigenvalue weighted by Crippen LogP contribution is 2.39. The van der Waals surface area contributed by atoms with Gasteiger partial charge in [0.1, 0.15) is 0 Å². The van der Waals surface area contributed by atoms with Crippen LogP contribution in [-0.2, 0) is 0 Å². The number of anilines is 3. The van der Waals surface area contributed by atoms with E-state index < -0.39 is 18.1 Å². The molecule has 4 rings (SSSR count). The maximum Gasteiger partial charge on any atom is 0.573 e. The summed E-state index contributed by atoms with van der Waals surface area (Å²) in [6.45, 7) is 0. The fraction of sp³-hybridized carbons (Fsp3) is 0.0476. The van der Waals surface area contributed by atoms with Gasteiger partial charge in [-0.25, -0.2) is 4.79 Å². The lowest BCUT2D eigenvalue weighted by atomic mass is 10.0. The number of nitrogens with one attached hydrogen (secondary N) is 2. The van der Waals surface area contributed by atoms with E-state index >= 15 is 0 Å². The van der Waals surface area contributed by atoms with E-state index in [9.17, 15) is 18.0 Å². The second-order valence-corrected chi connectivity index (χ2v) is 7.03. The molecule has 0 atom stereocenters. The standard InChI is InChI=1S/C21H14ClF3N4O3/c22-12-2-1-3-14(10-12)28-20(30)27-13-6-4-11(5-7-13)15-8-9-16(31-21(23,24)25)18-17(15)19(26)29-32-18/h1-10H,(H2,26,29)(H2,27,28,30). The Labute approximate surface area is 183 Å². The Morgan fingerprint density at radius 1 is 1.03 bits per heavy atom. The van der Waals surface area contributed by atoms with Gasteiger partial charge in [0.15, 0.2) is 11.6 Å². The molecule has 11 heteroatoms. The molecule has 2 amide bonds. The van der Waals surface area contributed by atoms with Gasteiger partial charge in [-0.15, -0.1) is 13.2 Å². The highest BCUT2D eigenvalue weighted by molar-refractivity contribution is 6.30. The number of carbonyl (C=O) groups is 1. The Balaban J connectivity index is 1.56. The van der Waals surface area contributed by atoms with Crippen LogP contribution in [0.2, 0.25) is 5.02 Å². The summed E-state index contributed by atoms with van der Waals surface area (Å²) in [4.78, 5) is 12.2. The van der Waals surface area contributed by atoms with Gasteiger partial charge in [-0.2, -0.15) is 0 Å². The van der Waals surface area contributed by atoms with Gasteiger partial charge < -0.3 is 25.6 Å². The summed E-state index contributed by atoms with van der Waals surface area (Å²) < 4.78 is 46.9. The van der Waals surface area contributed by atoms with Crippen LogP contribution in [0.15, 0.2) is 65.2 Å². The molecule has 164 valence electrons. The van der Waals surface area contributed by atoms with Crippen molar-refractivity contribution in [3.63, 3.8) is 0 Å². The van der Waals surface area contributed by atoms with E-state index in [0.717, 1.165) is 6.07 Å². The molecule has 0 unspecified atom stereocenters. The van der Waals surface area contributed by atoms with Gasteiger partial charge in [0.2, 0.25) is 5.58 Å². The third kappa shape index (κ3) is 4.70. The molecule has 0 fully saturated rings. The van der Waals surface area contributed by atoms with Crippen molar-refractivity contribution < 1.29 is 27.2 Å². The van der Waals surface area contributed by atoms with Crippen LogP contribution in [-0.4, -0.2) is 17.6 Å². The summed E-state index contributed by atoms with van der Waals surface area (Å²) in [5, 5.41) is 9.55. The number of carbonyl (C=O) groups excluding carboxylic acids is 1. The first kappa shape index (κ1) is 21.3. The molecule has 0 saturated carbocycles. The molecular weight excluding hydrogens is 449 g/mol. The molecule has 0 spiro atoms. The number of nitrogen functional groups attached to an aromatic ring is 1. The van der Waals surface area contributed by atoms with Crippen LogP contribution < -0.4 is 21.1 Å². The molecule has 7 nitrogen and oxygen atoms in total. The number of urea groups is 1. The SMILES string of the molecule is Nc1noc2c(OC(F)(F)F)ccc(-c3ccc(NC(=O)Nc4cccc(Cl)c4)cc3)c12. The minimum atomic E-state index is -4.89. The van der Waals surface area contributed by atoms with Gasteiger partial charge >= 0.3 is 12.4 Å². The van der Waals surface area contributed by atoms with Crippen LogP contribution in [0.5, 0.6) is 5.75 Å². The van der Waals surface area contributed by atoms with Crippen molar-refractivity contribution in [2.75, 3.05) is 16.4 Å². The fourth-order valence-electron chi connectivity index (χ4n) is 3.09. The van der Waals surface area contributed by atoms with Crippen molar-refractivity contribution in [3.05, 3.63) is 65.7 Å². The topological polar surface area (TPSA) is 102 Å². The van der Waals surface area contributed by atoms with Crippen molar-refractivity contribution in [2.24, 2.45) is 0 Å². The lowest BCUT2D eigenvalue weighted by molar-refractivity contribution is -0.274. The average Bonchev–Trinajstić information content (AvgIpc) is 3.10. The first-order valence-corrected chi connectivity index (χ1v) is 9.45. The van der Waals surface area contributed by atoms with Crippen molar-refractivity contribution in [2.45, 2.75) is 6.36 Å². The summed E-state index contributed by atoms with van der Waals surface area (Å²) in [6, 6.07) is 15.3. The summed E-state index contributed by atoms with van der Waals surface area (Å²) in [6.07, 6.45) is -4.89. The van der Waals surface area contributed by atoms with Crippen LogP contribution in [0.25, 0.3) is 22.1 Å². The van der Waals surface area contributed by atoms with Gasteiger partial charge in [0.05, 0.1) is 5.39 Å². The maximum atomic E-state index is 12.6. The predicted molar refractivity (Wildman–Crippen MR) is 115 cm³/mol. The number of aromatic nitrogens is 1. The lowest BCUT2D eigenvalue weighted by Gasteiger charge is -2.11. The molecule has 32 heavy (non-hydrogen) atoms. The van der Waals surface area contributed by atoms with Crippen LogP contribution >= 0.6 is 11.6 Å². The number of rotatable bonds is 4. The number of hydrogen-bond acceptors (Lipinski definition) is 5. The van der Waals surface area contributed by atoms with E-state index in [-0.39, 0.29) is 16.8 Å². The van der Waals surface area contributed by atoms with E-state index in [2.05, 4.69) is 20.5 Å². The number of hydrogen-bond donors (Lipinski definition) is 3. The van der Waals surface area contributed by atoms with Crippen molar-refractivity contribution in [1.82, 2.24) is 5.16 Å². The molecule has 4 N–H and O–H groups in total. The van der Waals surface area contributed by atoms with Gasteiger partial charge in [-0.05, 0) is 53.6 Å². The molecule has 1 heterocycles. The third-order valence-electron chi connectivity index (χ3n) is 4.37. The quantitative estimate of drug-likeness (QED) is 0.331. The van der Waals surface area contributed by atoms with Crippen molar-refractivity contribution >= 4 is 45.8 Å². The number of ether oxygens (including phenoxy) is 1. The smallest absolute Gasteiger partial charge is 0.402 e. The third-order valence-corrected chi connectivity index (χ3v) is 4.61. The Kier molecular flexibility index (Phi) is 5.54. The molecule has 3 aromatic carbocycles.